The van der Waals surface area contributed by atoms with Gasteiger partial charge in [0.15, 0.2) is 6.10 Å². The van der Waals surface area contributed by atoms with Crippen LogP contribution in [0.4, 0.5) is 5.69 Å². The van der Waals surface area contributed by atoms with Crippen LogP contribution >= 0.6 is 23.2 Å². The lowest BCUT2D eigenvalue weighted by atomic mass is 10.2. The van der Waals surface area contributed by atoms with E-state index in [2.05, 4.69) is 10.3 Å². The quantitative estimate of drug-likeness (QED) is 0.826. The SMILES string of the molecule is CCC(OC(=O)c1ccncc1)C(=O)Nc1ccc(Cl)cc1Cl. The second kappa shape index (κ2) is 7.94. The Hall–Kier alpha value is -2.11. The number of rotatable bonds is 5. The molecule has 5 nitrogen and oxygen atoms in total. The van der Waals surface area contributed by atoms with Crippen molar-refractivity contribution in [2.75, 3.05) is 5.32 Å². The molecule has 0 aliphatic heterocycles. The normalized spacial score (nSPS) is 11.6. The van der Waals surface area contributed by atoms with Gasteiger partial charge in [-0.25, -0.2) is 4.79 Å². The fraction of sp³-hybridized carbons (Fsp3) is 0.188. The zero-order chi connectivity index (χ0) is 16.8. The molecule has 2 aromatic rings. The van der Waals surface area contributed by atoms with Crippen molar-refractivity contribution in [3.63, 3.8) is 0 Å². The summed E-state index contributed by atoms with van der Waals surface area (Å²) in [6.07, 6.45) is 2.35. The Labute approximate surface area is 143 Å². The van der Waals surface area contributed by atoms with Crippen molar-refractivity contribution >= 4 is 40.8 Å². The summed E-state index contributed by atoms with van der Waals surface area (Å²) in [5, 5.41) is 3.39. The summed E-state index contributed by atoms with van der Waals surface area (Å²) in [7, 11) is 0. The Morgan fingerprint density at radius 2 is 1.91 bits per heavy atom. The number of halogens is 2. The van der Waals surface area contributed by atoms with E-state index in [4.69, 9.17) is 27.9 Å². The number of nitrogens with one attached hydrogen (secondary N) is 1. The van der Waals surface area contributed by atoms with E-state index in [1.54, 1.807) is 19.1 Å². The Bertz CT molecular complexity index is 708. The minimum Gasteiger partial charge on any atom is -0.449 e. The highest BCUT2D eigenvalue weighted by Gasteiger charge is 2.22. The summed E-state index contributed by atoms with van der Waals surface area (Å²) in [6, 6.07) is 7.74. The van der Waals surface area contributed by atoms with Gasteiger partial charge in [0.2, 0.25) is 0 Å². The summed E-state index contributed by atoms with van der Waals surface area (Å²) in [5.74, 6) is -1.05. The van der Waals surface area contributed by atoms with Crippen LogP contribution in [0.1, 0.15) is 23.7 Å². The molecule has 0 radical (unpaired) electrons. The van der Waals surface area contributed by atoms with Crippen LogP contribution in [0.2, 0.25) is 10.0 Å². The topological polar surface area (TPSA) is 68.3 Å². The number of nitrogens with zero attached hydrogens (tertiary/aromatic N) is 1. The Kier molecular flexibility index (Phi) is 5.96. The molecule has 1 N–H and O–H groups in total. The van der Waals surface area contributed by atoms with Gasteiger partial charge in [0.1, 0.15) is 0 Å². The zero-order valence-corrected chi connectivity index (χ0v) is 13.8. The van der Waals surface area contributed by atoms with Crippen LogP contribution in [0.15, 0.2) is 42.7 Å². The number of amides is 1. The number of ether oxygens (including phenoxy) is 1. The number of pyridine rings is 1. The molecule has 0 saturated carbocycles. The summed E-state index contributed by atoms with van der Waals surface area (Å²) in [6.45, 7) is 1.74. The fourth-order valence-corrected chi connectivity index (χ4v) is 2.27. The van der Waals surface area contributed by atoms with Gasteiger partial charge in [-0.3, -0.25) is 9.78 Å². The van der Waals surface area contributed by atoms with Crippen molar-refractivity contribution in [1.82, 2.24) is 4.98 Å². The molecule has 1 aromatic carbocycles. The van der Waals surface area contributed by atoms with Gasteiger partial charge in [0, 0.05) is 17.4 Å². The molecule has 1 atom stereocenters. The van der Waals surface area contributed by atoms with Gasteiger partial charge in [-0.1, -0.05) is 30.1 Å². The minimum atomic E-state index is -0.928. The van der Waals surface area contributed by atoms with Crippen LogP contribution in [0.3, 0.4) is 0 Å². The summed E-state index contributed by atoms with van der Waals surface area (Å²) in [5.41, 5.74) is 0.732. The number of hydrogen-bond donors (Lipinski definition) is 1. The lowest BCUT2D eigenvalue weighted by Crippen LogP contribution is -2.32. The number of carbonyl (C=O) groups is 2. The molecular formula is C16H14Cl2N2O3. The molecule has 23 heavy (non-hydrogen) atoms. The third kappa shape index (κ3) is 4.68. The molecule has 7 heteroatoms. The van der Waals surface area contributed by atoms with Crippen molar-refractivity contribution < 1.29 is 14.3 Å². The lowest BCUT2D eigenvalue weighted by Gasteiger charge is -2.16. The lowest BCUT2D eigenvalue weighted by molar-refractivity contribution is -0.124. The van der Waals surface area contributed by atoms with Crippen LogP contribution < -0.4 is 5.32 Å². The highest BCUT2D eigenvalue weighted by Crippen LogP contribution is 2.25. The Balaban J connectivity index is 2.05. The molecule has 0 saturated heterocycles. The number of hydrogen-bond acceptors (Lipinski definition) is 4. The molecule has 120 valence electrons. The van der Waals surface area contributed by atoms with Crippen molar-refractivity contribution in [2.24, 2.45) is 0 Å². The first kappa shape index (κ1) is 17.2. The van der Waals surface area contributed by atoms with Gasteiger partial charge in [-0.2, -0.15) is 0 Å². The molecule has 0 spiro atoms. The molecular weight excluding hydrogens is 339 g/mol. The minimum absolute atomic E-state index is 0.307. The van der Waals surface area contributed by atoms with E-state index in [0.717, 1.165) is 0 Å². The number of aromatic nitrogens is 1. The summed E-state index contributed by atoms with van der Waals surface area (Å²) < 4.78 is 5.24. The van der Waals surface area contributed by atoms with E-state index in [1.165, 1.54) is 30.6 Å². The van der Waals surface area contributed by atoms with Crippen LogP contribution in [-0.4, -0.2) is 23.0 Å². The van der Waals surface area contributed by atoms with Crippen LogP contribution in [-0.2, 0) is 9.53 Å². The van der Waals surface area contributed by atoms with Crippen LogP contribution in [0.5, 0.6) is 0 Å². The average molecular weight is 353 g/mol. The number of benzene rings is 1. The molecule has 0 aliphatic carbocycles. The number of esters is 1. The maximum Gasteiger partial charge on any atom is 0.339 e. The molecule has 1 heterocycles. The van der Waals surface area contributed by atoms with E-state index in [0.29, 0.717) is 27.7 Å². The van der Waals surface area contributed by atoms with E-state index >= 15 is 0 Å². The predicted octanol–water partition coefficient (Wildman–Crippen LogP) is 3.96. The Morgan fingerprint density at radius 3 is 2.52 bits per heavy atom. The number of carbonyl (C=O) groups excluding carboxylic acids is 2. The van der Waals surface area contributed by atoms with Gasteiger partial charge in [-0.05, 0) is 36.8 Å². The maximum atomic E-state index is 12.3. The zero-order valence-electron chi connectivity index (χ0n) is 12.3. The van der Waals surface area contributed by atoms with Crippen LogP contribution in [0, 0.1) is 0 Å². The van der Waals surface area contributed by atoms with Crippen molar-refractivity contribution in [2.45, 2.75) is 19.4 Å². The van der Waals surface area contributed by atoms with E-state index in [-0.39, 0.29) is 0 Å². The summed E-state index contributed by atoms with van der Waals surface area (Å²) >= 11 is 11.8. The molecule has 1 aromatic heterocycles. The first-order valence-corrected chi connectivity index (χ1v) is 7.63. The monoisotopic (exact) mass is 352 g/mol. The molecule has 2 rings (SSSR count). The second-order valence-corrected chi connectivity index (χ2v) is 5.50. The smallest absolute Gasteiger partial charge is 0.339 e. The second-order valence-electron chi connectivity index (χ2n) is 4.65. The molecule has 0 aliphatic rings. The van der Waals surface area contributed by atoms with Crippen molar-refractivity contribution in [3.8, 4) is 0 Å². The largest absolute Gasteiger partial charge is 0.449 e. The van der Waals surface area contributed by atoms with Crippen LogP contribution in [0.25, 0.3) is 0 Å². The van der Waals surface area contributed by atoms with Crippen molar-refractivity contribution in [3.05, 3.63) is 58.3 Å². The first-order chi connectivity index (χ1) is 11.0. The predicted molar refractivity (Wildman–Crippen MR) is 88.8 cm³/mol. The molecule has 0 bridgehead atoms. The highest BCUT2D eigenvalue weighted by molar-refractivity contribution is 6.36. The highest BCUT2D eigenvalue weighted by atomic mass is 35.5. The first-order valence-electron chi connectivity index (χ1n) is 6.88. The van der Waals surface area contributed by atoms with Gasteiger partial charge in [-0.15, -0.1) is 0 Å². The standard InChI is InChI=1S/C16H14Cl2N2O3/c1-2-14(23-16(22)10-5-7-19-8-6-10)15(21)20-13-4-3-11(17)9-12(13)18/h3-9,14H,2H2,1H3,(H,20,21). The van der Waals surface area contributed by atoms with Gasteiger partial charge < -0.3 is 10.1 Å². The molecule has 1 unspecified atom stereocenters. The average Bonchev–Trinajstić information content (AvgIpc) is 2.55. The van der Waals surface area contributed by atoms with Crippen molar-refractivity contribution in [1.29, 1.82) is 0 Å². The van der Waals surface area contributed by atoms with E-state index < -0.39 is 18.0 Å². The van der Waals surface area contributed by atoms with Gasteiger partial charge >= 0.3 is 5.97 Å². The Morgan fingerprint density at radius 1 is 1.22 bits per heavy atom. The summed E-state index contributed by atoms with van der Waals surface area (Å²) in [4.78, 5) is 28.1. The molecule has 1 amide bonds. The third-order valence-corrected chi connectivity index (χ3v) is 3.57. The van der Waals surface area contributed by atoms with E-state index in [1.807, 2.05) is 0 Å². The third-order valence-electron chi connectivity index (χ3n) is 3.02. The van der Waals surface area contributed by atoms with Gasteiger partial charge in [0.25, 0.3) is 5.91 Å². The molecule has 0 fully saturated rings. The fourth-order valence-electron chi connectivity index (χ4n) is 1.81. The maximum absolute atomic E-state index is 12.3. The van der Waals surface area contributed by atoms with Gasteiger partial charge in [0.05, 0.1) is 16.3 Å². The van der Waals surface area contributed by atoms with E-state index in [9.17, 15) is 9.59 Å². The number of anilines is 1.